The smallest absolute Gasteiger partial charge is 0.330 e. The summed E-state index contributed by atoms with van der Waals surface area (Å²) >= 11 is 0. The maximum absolute atomic E-state index is 12.1. The Morgan fingerprint density at radius 1 is 1.11 bits per heavy atom. The predicted molar refractivity (Wildman–Crippen MR) is 159 cm³/mol. The molecule has 2 aromatic heterocycles. The van der Waals surface area contributed by atoms with Crippen molar-refractivity contribution in [3.63, 3.8) is 0 Å². The van der Waals surface area contributed by atoms with E-state index in [1.807, 2.05) is 17.5 Å². The van der Waals surface area contributed by atoms with E-state index in [1.165, 1.54) is 0 Å². The fourth-order valence-electron chi connectivity index (χ4n) is 4.46. The minimum Gasteiger partial charge on any atom is -0.463 e. The zero-order chi connectivity index (χ0) is 27.8. The van der Waals surface area contributed by atoms with Crippen molar-refractivity contribution < 1.29 is 19.0 Å². The standard InChI is InChI=1S/C28H48N4O4Si2/c1-8-36-28(33)19-23-10-9-11-24(18-23)25-20-27(32-26(30-25)12-13-29-32)31(21-34-14-16-37(2,3)4)22-35-15-17-38(5,6)7/h12-13,19-20,24H,8-11,14-18,21-22H2,1-7H3/b23-19+. The molecule has 1 aliphatic carbocycles. The number of ether oxygens (including phenoxy) is 3. The number of carbonyl (C=O) groups excluding carboxylic acids is 1. The summed E-state index contributed by atoms with van der Waals surface area (Å²) < 4.78 is 19.4. The Bertz CT molecular complexity index is 1050. The Kier molecular flexibility index (Phi) is 11.1. The SMILES string of the molecule is CCOC(=O)/C=C1\CCCC(c2cc(N(COCC[Si](C)(C)C)COCC[Si](C)(C)C)n3nccc3n2)C1. The molecule has 1 aliphatic rings. The first-order chi connectivity index (χ1) is 17.9. The molecule has 0 spiro atoms. The number of allylic oxidation sites excluding steroid dienone is 1. The molecule has 0 aromatic carbocycles. The zero-order valence-corrected chi connectivity index (χ0v) is 26.6. The van der Waals surface area contributed by atoms with Gasteiger partial charge in [0, 0.05) is 59.2 Å². The van der Waals surface area contributed by atoms with E-state index in [4.69, 9.17) is 19.2 Å². The van der Waals surface area contributed by atoms with E-state index >= 15 is 0 Å². The van der Waals surface area contributed by atoms with Crippen molar-refractivity contribution in [3.05, 3.63) is 35.7 Å². The second-order valence-corrected chi connectivity index (χ2v) is 24.0. The first-order valence-corrected chi connectivity index (χ1v) is 21.5. The fourth-order valence-corrected chi connectivity index (χ4v) is 5.97. The van der Waals surface area contributed by atoms with Crippen molar-refractivity contribution >= 4 is 33.6 Å². The van der Waals surface area contributed by atoms with Gasteiger partial charge in [-0.3, -0.25) is 0 Å². The summed E-state index contributed by atoms with van der Waals surface area (Å²) in [5.41, 5.74) is 2.97. The van der Waals surface area contributed by atoms with E-state index in [1.54, 1.807) is 12.3 Å². The lowest BCUT2D eigenvalue weighted by molar-refractivity contribution is -0.137. The van der Waals surface area contributed by atoms with Crippen LogP contribution in [0.2, 0.25) is 51.4 Å². The molecule has 0 radical (unpaired) electrons. The Balaban J connectivity index is 1.83. The van der Waals surface area contributed by atoms with Crippen LogP contribution in [0, 0.1) is 0 Å². The van der Waals surface area contributed by atoms with Crippen LogP contribution in [0.4, 0.5) is 5.82 Å². The van der Waals surface area contributed by atoms with Gasteiger partial charge in [0.25, 0.3) is 0 Å². The van der Waals surface area contributed by atoms with Gasteiger partial charge in [-0.25, -0.2) is 9.78 Å². The maximum Gasteiger partial charge on any atom is 0.330 e. The largest absolute Gasteiger partial charge is 0.463 e. The number of rotatable bonds is 14. The molecule has 2 aromatic rings. The molecule has 38 heavy (non-hydrogen) atoms. The van der Waals surface area contributed by atoms with Crippen LogP contribution in [-0.2, 0) is 19.0 Å². The molecule has 0 N–H and O–H groups in total. The fraction of sp³-hybridized carbons (Fsp3) is 0.679. The van der Waals surface area contributed by atoms with E-state index < -0.39 is 16.1 Å². The lowest BCUT2D eigenvalue weighted by Crippen LogP contribution is -2.33. The van der Waals surface area contributed by atoms with Crippen molar-refractivity contribution in [2.45, 2.75) is 89.9 Å². The summed E-state index contributed by atoms with van der Waals surface area (Å²) in [6, 6.07) is 6.32. The number of hydrogen-bond acceptors (Lipinski definition) is 7. The Morgan fingerprint density at radius 2 is 1.76 bits per heavy atom. The number of nitrogens with zero attached hydrogens (tertiary/aromatic N) is 4. The average Bonchev–Trinajstić information content (AvgIpc) is 3.30. The van der Waals surface area contributed by atoms with Crippen LogP contribution >= 0.6 is 0 Å². The predicted octanol–water partition coefficient (Wildman–Crippen LogP) is 6.31. The molecule has 0 bridgehead atoms. The number of esters is 1. The first kappa shape index (κ1) is 30.5. The quantitative estimate of drug-likeness (QED) is 0.0881. The van der Waals surface area contributed by atoms with Crippen molar-refractivity contribution in [2.75, 3.05) is 38.2 Å². The van der Waals surface area contributed by atoms with Gasteiger partial charge in [0.1, 0.15) is 19.3 Å². The molecule has 0 amide bonds. The summed E-state index contributed by atoms with van der Waals surface area (Å²) in [6.45, 7) is 18.8. The Labute approximate surface area is 230 Å². The highest BCUT2D eigenvalue weighted by molar-refractivity contribution is 6.76. The average molecular weight is 561 g/mol. The highest BCUT2D eigenvalue weighted by atomic mass is 28.3. The van der Waals surface area contributed by atoms with Gasteiger partial charge >= 0.3 is 5.97 Å². The third-order valence-corrected chi connectivity index (χ3v) is 10.2. The molecule has 2 heterocycles. The molecule has 212 valence electrons. The van der Waals surface area contributed by atoms with Gasteiger partial charge in [-0.05, 0) is 44.7 Å². The molecule has 0 aliphatic heterocycles. The summed E-state index contributed by atoms with van der Waals surface area (Å²) in [5.74, 6) is 0.920. The molecular formula is C28H48N4O4Si2. The van der Waals surface area contributed by atoms with E-state index in [9.17, 15) is 4.79 Å². The van der Waals surface area contributed by atoms with Gasteiger partial charge in [0.2, 0.25) is 0 Å². The van der Waals surface area contributed by atoms with Crippen molar-refractivity contribution in [1.29, 1.82) is 0 Å². The topological polar surface area (TPSA) is 78.2 Å². The normalized spacial score (nSPS) is 17.8. The highest BCUT2D eigenvalue weighted by Gasteiger charge is 2.24. The molecule has 3 rings (SSSR count). The molecule has 0 saturated heterocycles. The number of aromatic nitrogens is 3. The van der Waals surface area contributed by atoms with Crippen molar-refractivity contribution in [2.24, 2.45) is 0 Å². The molecule has 1 fully saturated rings. The van der Waals surface area contributed by atoms with Gasteiger partial charge < -0.3 is 19.1 Å². The molecular weight excluding hydrogens is 513 g/mol. The lowest BCUT2D eigenvalue weighted by atomic mass is 9.83. The summed E-state index contributed by atoms with van der Waals surface area (Å²) in [7, 11) is -2.37. The minimum atomic E-state index is -1.18. The van der Waals surface area contributed by atoms with Crippen LogP contribution in [0.5, 0.6) is 0 Å². The minimum absolute atomic E-state index is 0.241. The second-order valence-electron chi connectivity index (χ2n) is 12.7. The summed E-state index contributed by atoms with van der Waals surface area (Å²) in [4.78, 5) is 19.2. The first-order valence-electron chi connectivity index (χ1n) is 14.1. The maximum atomic E-state index is 12.1. The third kappa shape index (κ3) is 9.94. The van der Waals surface area contributed by atoms with Crippen LogP contribution in [-0.4, -0.2) is 70.0 Å². The molecule has 1 saturated carbocycles. The molecule has 10 heteroatoms. The second kappa shape index (κ2) is 13.9. The van der Waals surface area contributed by atoms with Crippen LogP contribution in [0.3, 0.4) is 0 Å². The third-order valence-electron chi connectivity index (χ3n) is 6.76. The number of anilines is 1. The van der Waals surface area contributed by atoms with Crippen LogP contribution in [0.15, 0.2) is 30.0 Å². The Hall–Kier alpha value is -2.02. The monoisotopic (exact) mass is 560 g/mol. The van der Waals surface area contributed by atoms with Gasteiger partial charge in [0.15, 0.2) is 5.65 Å². The van der Waals surface area contributed by atoms with E-state index in [2.05, 4.69) is 55.3 Å². The summed E-state index contributed by atoms with van der Waals surface area (Å²) in [5, 5.41) is 4.58. The highest BCUT2D eigenvalue weighted by Crippen LogP contribution is 2.36. The molecule has 1 atom stereocenters. The molecule has 1 unspecified atom stereocenters. The number of hydrogen-bond donors (Lipinski definition) is 0. The summed E-state index contributed by atoms with van der Waals surface area (Å²) in [6.07, 6.45) is 7.28. The van der Waals surface area contributed by atoms with Gasteiger partial charge in [0.05, 0.1) is 12.8 Å². The van der Waals surface area contributed by atoms with Gasteiger partial charge in [-0.2, -0.15) is 9.61 Å². The van der Waals surface area contributed by atoms with Crippen LogP contribution in [0.25, 0.3) is 5.65 Å². The van der Waals surface area contributed by atoms with Gasteiger partial charge in [-0.15, -0.1) is 0 Å². The van der Waals surface area contributed by atoms with Crippen LogP contribution in [0.1, 0.15) is 44.2 Å². The lowest BCUT2D eigenvalue weighted by Gasteiger charge is -2.28. The number of fused-ring (bicyclic) bond motifs is 1. The van der Waals surface area contributed by atoms with Crippen LogP contribution < -0.4 is 4.90 Å². The Morgan fingerprint density at radius 3 is 2.37 bits per heavy atom. The van der Waals surface area contributed by atoms with Gasteiger partial charge in [-0.1, -0.05) is 44.9 Å². The van der Waals surface area contributed by atoms with E-state index in [-0.39, 0.29) is 11.9 Å². The molecule has 8 nitrogen and oxygen atoms in total. The zero-order valence-electron chi connectivity index (χ0n) is 24.6. The number of carbonyl (C=O) groups is 1. The van der Waals surface area contributed by atoms with E-state index in [0.29, 0.717) is 20.1 Å². The van der Waals surface area contributed by atoms with Crippen molar-refractivity contribution in [3.8, 4) is 0 Å². The van der Waals surface area contributed by atoms with Crippen molar-refractivity contribution in [1.82, 2.24) is 14.6 Å². The van der Waals surface area contributed by atoms with E-state index in [0.717, 1.165) is 73.7 Å².